The van der Waals surface area contributed by atoms with Crippen LogP contribution in [0, 0.1) is 13.8 Å². The maximum absolute atomic E-state index is 6.09. The molecule has 1 aromatic heterocycles. The molecule has 0 aliphatic rings. The number of nitrogens with zero attached hydrogens (tertiary/aromatic N) is 1. The average molecular weight is 439 g/mol. The molecule has 0 fully saturated rings. The lowest BCUT2D eigenvalue weighted by Crippen LogP contribution is -2.01. The van der Waals surface area contributed by atoms with Crippen molar-refractivity contribution in [3.63, 3.8) is 0 Å². The fourth-order valence-corrected chi connectivity index (χ4v) is 3.73. The lowest BCUT2D eigenvalue weighted by Gasteiger charge is -2.12. The van der Waals surface area contributed by atoms with Crippen molar-refractivity contribution in [1.29, 1.82) is 0 Å². The number of benzene rings is 2. The quantitative estimate of drug-likeness (QED) is 0.202. The molecule has 0 bridgehead atoms. The molecule has 0 spiro atoms. The van der Waals surface area contributed by atoms with Crippen LogP contribution < -0.4 is 15.8 Å². The zero-order chi connectivity index (χ0) is 21.8. The van der Waals surface area contributed by atoms with Gasteiger partial charge in [-0.2, -0.15) is 0 Å². The molecule has 0 aliphatic heterocycles. The molecule has 1 heterocycles. The molecule has 0 radical (unpaired) electrons. The largest absolute Gasteiger partial charge is 0.398 e. The number of rotatable bonds is 8. The van der Waals surface area contributed by atoms with Gasteiger partial charge in [0.2, 0.25) is 0 Å². The van der Waals surface area contributed by atoms with Crippen molar-refractivity contribution in [3.05, 3.63) is 89.1 Å². The highest BCUT2D eigenvalue weighted by molar-refractivity contribution is 8.02. The molecule has 0 unspecified atom stereocenters. The van der Waals surface area contributed by atoms with Gasteiger partial charge in [0.1, 0.15) is 0 Å². The number of anilines is 2. The second kappa shape index (κ2) is 12.9. The first-order valence-corrected chi connectivity index (χ1v) is 11.8. The molecular weight excluding hydrogens is 408 g/mol. The summed E-state index contributed by atoms with van der Waals surface area (Å²) in [7, 11) is 0. The zero-order valence-electron chi connectivity index (χ0n) is 18.0. The summed E-state index contributed by atoms with van der Waals surface area (Å²) >= 11 is 3.24. The highest BCUT2D eigenvalue weighted by Crippen LogP contribution is 2.26. The first-order valence-electron chi connectivity index (χ1n) is 9.93. The van der Waals surface area contributed by atoms with Gasteiger partial charge in [-0.15, -0.1) is 11.8 Å². The molecule has 3 rings (SSSR count). The van der Waals surface area contributed by atoms with Gasteiger partial charge in [-0.05, 0) is 73.2 Å². The van der Waals surface area contributed by atoms with E-state index in [0.29, 0.717) is 0 Å². The van der Waals surface area contributed by atoms with Crippen LogP contribution in [0.2, 0.25) is 0 Å². The Labute approximate surface area is 188 Å². The molecule has 3 aromatic rings. The fraction of sp³-hybridized carbons (Fsp3) is 0.208. The Balaban J connectivity index is 0.00000155. The smallest absolute Gasteiger partial charge is 0.0652 e. The summed E-state index contributed by atoms with van der Waals surface area (Å²) in [5, 5.41) is 5.42. The van der Waals surface area contributed by atoms with Crippen molar-refractivity contribution in [1.82, 2.24) is 4.98 Å². The van der Waals surface area contributed by atoms with Crippen molar-refractivity contribution in [2.45, 2.75) is 32.6 Å². The van der Waals surface area contributed by atoms with Crippen LogP contribution in [0.5, 0.6) is 0 Å². The number of thioether (sulfide) groups is 1. The summed E-state index contributed by atoms with van der Waals surface area (Å²) in [6.45, 7) is 8.20. The zero-order valence-corrected chi connectivity index (χ0v) is 19.6. The van der Waals surface area contributed by atoms with Crippen molar-refractivity contribution < 1.29 is 0 Å². The van der Waals surface area contributed by atoms with E-state index in [1.54, 1.807) is 36.1 Å². The predicted molar refractivity (Wildman–Crippen MR) is 136 cm³/mol. The third-order valence-corrected chi connectivity index (χ3v) is 5.67. The molecule has 158 valence electrons. The monoisotopic (exact) mass is 438 g/mol. The molecule has 0 atom stereocenters. The summed E-state index contributed by atoms with van der Waals surface area (Å²) in [4.78, 5) is 5.28. The van der Waals surface area contributed by atoms with Crippen LogP contribution in [0.1, 0.15) is 30.5 Å². The van der Waals surface area contributed by atoms with Gasteiger partial charge >= 0.3 is 0 Å². The Kier molecular flexibility index (Phi) is 10.2. The molecule has 0 aliphatic carbocycles. The second-order valence-corrected chi connectivity index (χ2v) is 8.09. The van der Waals surface area contributed by atoms with Crippen LogP contribution in [0.25, 0.3) is 5.70 Å². The van der Waals surface area contributed by atoms with Gasteiger partial charge in [-0.3, -0.25) is 4.98 Å². The molecule has 4 N–H and O–H groups in total. The summed E-state index contributed by atoms with van der Waals surface area (Å²) in [5.41, 5.74) is 12.4. The summed E-state index contributed by atoms with van der Waals surface area (Å²) in [6, 6.07) is 18.7. The van der Waals surface area contributed by atoms with Crippen LogP contribution in [-0.2, 0) is 0 Å². The molecular formula is C24H30N4S2. The Bertz CT molecular complexity index is 926. The third kappa shape index (κ3) is 7.69. The number of hydrogen-bond acceptors (Lipinski definition) is 6. The Hall–Kier alpha value is -2.57. The number of pyridine rings is 1. The van der Waals surface area contributed by atoms with E-state index in [2.05, 4.69) is 71.3 Å². The lowest BCUT2D eigenvalue weighted by molar-refractivity contribution is 1.30. The van der Waals surface area contributed by atoms with Crippen LogP contribution in [0.4, 0.5) is 11.4 Å². The first kappa shape index (κ1) is 23.7. The van der Waals surface area contributed by atoms with Gasteiger partial charge in [0, 0.05) is 39.9 Å². The number of nitrogens with one attached hydrogen (secondary N) is 2. The number of aromatic nitrogens is 1. The normalized spacial score (nSPS) is 10.7. The maximum atomic E-state index is 6.09. The van der Waals surface area contributed by atoms with E-state index in [1.165, 1.54) is 16.0 Å². The van der Waals surface area contributed by atoms with Gasteiger partial charge in [-0.1, -0.05) is 37.6 Å². The number of hydrogen-bond donors (Lipinski definition) is 3. The van der Waals surface area contributed by atoms with E-state index in [9.17, 15) is 0 Å². The van der Waals surface area contributed by atoms with Crippen molar-refractivity contribution >= 4 is 40.8 Å². The van der Waals surface area contributed by atoms with E-state index in [4.69, 9.17) is 5.73 Å². The Morgan fingerprint density at radius 3 is 2.53 bits per heavy atom. The highest BCUT2D eigenvalue weighted by Gasteiger charge is 2.02. The minimum Gasteiger partial charge on any atom is -0.398 e. The summed E-state index contributed by atoms with van der Waals surface area (Å²) < 4.78 is 3.41. The number of aryl methyl sites for hydroxylation is 2. The van der Waals surface area contributed by atoms with E-state index >= 15 is 0 Å². The van der Waals surface area contributed by atoms with Gasteiger partial charge < -0.3 is 15.8 Å². The van der Waals surface area contributed by atoms with E-state index in [1.807, 2.05) is 31.4 Å². The van der Waals surface area contributed by atoms with E-state index < -0.39 is 0 Å². The molecule has 0 saturated heterocycles. The highest BCUT2D eigenvalue weighted by atomic mass is 32.2. The van der Waals surface area contributed by atoms with Crippen LogP contribution in [0.15, 0.2) is 77.3 Å². The van der Waals surface area contributed by atoms with Gasteiger partial charge in [0.05, 0.1) is 5.88 Å². The predicted octanol–water partition coefficient (Wildman–Crippen LogP) is 6.90. The fourth-order valence-electron chi connectivity index (χ4n) is 2.45. The summed E-state index contributed by atoms with van der Waals surface area (Å²) in [5.74, 6) is 0.733. The van der Waals surface area contributed by atoms with Gasteiger partial charge in [0.15, 0.2) is 0 Å². The summed E-state index contributed by atoms with van der Waals surface area (Å²) in [6.07, 6.45) is 3.51. The minimum absolute atomic E-state index is 0.724. The molecule has 4 nitrogen and oxygen atoms in total. The maximum Gasteiger partial charge on any atom is 0.0652 e. The van der Waals surface area contributed by atoms with Crippen LogP contribution in [-0.4, -0.2) is 10.9 Å². The van der Waals surface area contributed by atoms with Gasteiger partial charge in [-0.25, -0.2) is 0 Å². The third-order valence-electron chi connectivity index (χ3n) is 4.10. The van der Waals surface area contributed by atoms with Crippen molar-refractivity contribution in [2.24, 2.45) is 5.73 Å². The minimum atomic E-state index is 0.724. The van der Waals surface area contributed by atoms with E-state index in [-0.39, 0.29) is 0 Å². The molecule has 2 aromatic carbocycles. The molecule has 0 amide bonds. The van der Waals surface area contributed by atoms with Crippen molar-refractivity contribution in [2.75, 3.05) is 15.9 Å². The second-order valence-electron chi connectivity index (χ2n) is 6.35. The van der Waals surface area contributed by atoms with E-state index in [0.717, 1.165) is 28.5 Å². The van der Waals surface area contributed by atoms with Crippen LogP contribution in [0.3, 0.4) is 0 Å². The topological polar surface area (TPSA) is 63.0 Å². The van der Waals surface area contributed by atoms with Crippen LogP contribution >= 0.6 is 23.7 Å². The molecule has 0 saturated carbocycles. The number of nitrogens with two attached hydrogens (primary N) is 1. The standard InChI is InChI=1S/C22H24N4S2.C2H6/c1-16-5-9-20(10-6-16)28-26-19-8-7-17(2)22(12-19)25-15-27-14-21(23)18-4-3-11-24-13-18;1-2/h3-14,25-26H,15,23H2,1-2H3;1-2H3/b21-14-;. The lowest BCUT2D eigenvalue weighted by atomic mass is 10.2. The Morgan fingerprint density at radius 2 is 1.83 bits per heavy atom. The van der Waals surface area contributed by atoms with Gasteiger partial charge in [0.25, 0.3) is 0 Å². The average Bonchev–Trinajstić information content (AvgIpc) is 2.79. The SMILES string of the molecule is CC.Cc1ccc(SNc2ccc(C)c(NCS/C=C(\N)c3cccnc3)c2)cc1. The van der Waals surface area contributed by atoms with Crippen molar-refractivity contribution in [3.8, 4) is 0 Å². The Morgan fingerprint density at radius 1 is 1.07 bits per heavy atom. The molecule has 30 heavy (non-hydrogen) atoms. The molecule has 6 heteroatoms. The first-order chi connectivity index (χ1) is 14.6.